The summed E-state index contributed by atoms with van der Waals surface area (Å²) in [5.41, 5.74) is 2.62. The Morgan fingerprint density at radius 2 is 1.90 bits per heavy atom. The van der Waals surface area contributed by atoms with Gasteiger partial charge in [0.2, 0.25) is 0 Å². The van der Waals surface area contributed by atoms with Crippen LogP contribution in [0.15, 0.2) is 56.0 Å². The summed E-state index contributed by atoms with van der Waals surface area (Å²) < 4.78 is 29.8. The normalized spacial score (nSPS) is 12.4. The van der Waals surface area contributed by atoms with Gasteiger partial charge in [-0.15, -0.1) is 10.2 Å². The van der Waals surface area contributed by atoms with Crippen LogP contribution < -0.4 is 4.90 Å². The second kappa shape index (κ2) is 8.40. The van der Waals surface area contributed by atoms with Crippen molar-refractivity contribution in [3.05, 3.63) is 65.6 Å². The van der Waals surface area contributed by atoms with Crippen LogP contribution >= 0.6 is 0 Å². The van der Waals surface area contributed by atoms with Crippen LogP contribution in [0.25, 0.3) is 23.0 Å². The molecule has 3 aromatic heterocycles. The van der Waals surface area contributed by atoms with E-state index in [0.29, 0.717) is 36.4 Å². The second-order valence-electron chi connectivity index (χ2n) is 6.92. The van der Waals surface area contributed by atoms with Crippen LogP contribution in [-0.2, 0) is 13.1 Å². The van der Waals surface area contributed by atoms with Gasteiger partial charge in [0.1, 0.15) is 18.1 Å². The van der Waals surface area contributed by atoms with Crippen molar-refractivity contribution in [2.75, 3.05) is 6.54 Å². The van der Waals surface area contributed by atoms with E-state index >= 15 is 0 Å². The second-order valence-corrected chi connectivity index (χ2v) is 6.92. The molecule has 7 nitrogen and oxygen atoms in total. The summed E-state index contributed by atoms with van der Waals surface area (Å²) in [5.74, 6) is 1.85. The zero-order chi connectivity index (χ0) is 20.2. The lowest BCUT2D eigenvalue weighted by Gasteiger charge is -2.15. The summed E-state index contributed by atoms with van der Waals surface area (Å²) in [4.78, 5) is 1.23. The first-order valence-corrected chi connectivity index (χ1v) is 9.55. The van der Waals surface area contributed by atoms with Gasteiger partial charge in [0.05, 0.1) is 12.8 Å². The summed E-state index contributed by atoms with van der Waals surface area (Å²) in [5, 5.41) is 12.5. The maximum atomic E-state index is 13.2. The first kappa shape index (κ1) is 19.1. The third-order valence-corrected chi connectivity index (χ3v) is 4.75. The van der Waals surface area contributed by atoms with E-state index in [1.54, 1.807) is 30.5 Å². The van der Waals surface area contributed by atoms with E-state index in [-0.39, 0.29) is 5.82 Å². The van der Waals surface area contributed by atoms with Gasteiger partial charge in [0.25, 0.3) is 11.8 Å². The first-order chi connectivity index (χ1) is 14.1. The quantitative estimate of drug-likeness (QED) is 0.491. The van der Waals surface area contributed by atoms with Crippen molar-refractivity contribution < 1.29 is 22.6 Å². The van der Waals surface area contributed by atoms with Crippen LogP contribution in [0.1, 0.15) is 30.5 Å². The number of quaternary nitrogens is 1. The van der Waals surface area contributed by atoms with Gasteiger partial charge in [-0.05, 0) is 49.7 Å². The van der Waals surface area contributed by atoms with Gasteiger partial charge in [0.15, 0.2) is 18.1 Å². The lowest BCUT2D eigenvalue weighted by molar-refractivity contribution is -0.929. The molecule has 0 amide bonds. The molecule has 8 heteroatoms. The van der Waals surface area contributed by atoms with E-state index in [1.807, 2.05) is 6.92 Å². The Kier molecular flexibility index (Phi) is 5.53. The lowest BCUT2D eigenvalue weighted by atomic mass is 10.1. The van der Waals surface area contributed by atoms with Crippen LogP contribution in [0.2, 0.25) is 0 Å². The Balaban J connectivity index is 1.49. The predicted molar refractivity (Wildman–Crippen MR) is 102 cm³/mol. The summed E-state index contributed by atoms with van der Waals surface area (Å²) in [6, 6.07) is 9.77. The smallest absolute Gasteiger partial charge is 0.283 e. The fourth-order valence-corrected chi connectivity index (χ4v) is 3.27. The minimum absolute atomic E-state index is 0.279. The highest BCUT2D eigenvalue weighted by Gasteiger charge is 2.21. The molecule has 29 heavy (non-hydrogen) atoms. The van der Waals surface area contributed by atoms with Crippen LogP contribution in [0, 0.1) is 12.7 Å². The van der Waals surface area contributed by atoms with Crippen LogP contribution in [0.4, 0.5) is 4.39 Å². The highest BCUT2D eigenvalue weighted by molar-refractivity contribution is 5.61. The molecule has 4 rings (SSSR count). The van der Waals surface area contributed by atoms with Crippen molar-refractivity contribution in [3.8, 4) is 23.0 Å². The maximum Gasteiger partial charge on any atom is 0.283 e. The molecule has 0 spiro atoms. The SMILES string of the molecule is CCC[NH+](Cc1nnc(-c2ccco2)o1)Cc1noc(-c2ccc(F)cc2)c1C. The highest BCUT2D eigenvalue weighted by Crippen LogP contribution is 2.25. The minimum Gasteiger partial charge on any atom is -0.459 e. The molecular weight excluding hydrogens is 375 g/mol. The molecule has 0 aliphatic heterocycles. The number of furan rings is 1. The maximum absolute atomic E-state index is 13.2. The van der Waals surface area contributed by atoms with Gasteiger partial charge in [-0.25, -0.2) is 4.39 Å². The van der Waals surface area contributed by atoms with Gasteiger partial charge in [0, 0.05) is 11.1 Å². The number of nitrogens with one attached hydrogen (secondary N) is 1. The lowest BCUT2D eigenvalue weighted by Crippen LogP contribution is -3.09. The molecule has 0 aliphatic rings. The number of aromatic nitrogens is 3. The van der Waals surface area contributed by atoms with Crippen LogP contribution in [0.5, 0.6) is 0 Å². The number of hydrogen-bond donors (Lipinski definition) is 1. The molecule has 1 N–H and O–H groups in total. The molecule has 1 aromatic carbocycles. The molecule has 1 unspecified atom stereocenters. The Labute approximate surface area is 167 Å². The number of halogens is 1. The van der Waals surface area contributed by atoms with Crippen molar-refractivity contribution in [1.29, 1.82) is 0 Å². The molecule has 0 bridgehead atoms. The zero-order valence-corrected chi connectivity index (χ0v) is 16.3. The van der Waals surface area contributed by atoms with Crippen molar-refractivity contribution >= 4 is 0 Å². The standard InChI is InChI=1S/C21H21FN4O3/c1-3-10-26(13-19-23-24-21(28-19)18-5-4-11-27-18)12-17-14(2)20(29-25-17)15-6-8-16(22)9-7-15/h4-9,11H,3,10,12-13H2,1-2H3/p+1. The van der Waals surface area contributed by atoms with Crippen molar-refractivity contribution in [2.45, 2.75) is 33.4 Å². The van der Waals surface area contributed by atoms with Gasteiger partial charge in [-0.3, -0.25) is 0 Å². The number of rotatable bonds is 8. The molecule has 0 saturated heterocycles. The largest absolute Gasteiger partial charge is 0.459 e. The first-order valence-electron chi connectivity index (χ1n) is 9.55. The summed E-state index contributed by atoms with van der Waals surface area (Å²) in [7, 11) is 0. The highest BCUT2D eigenvalue weighted by atomic mass is 19.1. The predicted octanol–water partition coefficient (Wildman–Crippen LogP) is 3.43. The molecule has 0 aliphatic carbocycles. The Morgan fingerprint density at radius 1 is 1.07 bits per heavy atom. The minimum atomic E-state index is -0.279. The molecule has 1 atom stereocenters. The van der Waals surface area contributed by atoms with E-state index in [9.17, 15) is 4.39 Å². The summed E-state index contributed by atoms with van der Waals surface area (Å²) >= 11 is 0. The molecule has 150 valence electrons. The Morgan fingerprint density at radius 3 is 2.62 bits per heavy atom. The zero-order valence-electron chi connectivity index (χ0n) is 16.3. The third-order valence-electron chi connectivity index (χ3n) is 4.75. The van der Waals surface area contributed by atoms with Crippen molar-refractivity contribution in [2.24, 2.45) is 0 Å². The van der Waals surface area contributed by atoms with Gasteiger partial charge >= 0.3 is 0 Å². The molecule has 4 aromatic rings. The van der Waals surface area contributed by atoms with E-state index in [1.165, 1.54) is 17.0 Å². The van der Waals surface area contributed by atoms with E-state index in [2.05, 4.69) is 22.3 Å². The number of nitrogens with zero attached hydrogens (tertiary/aromatic N) is 3. The Hall–Kier alpha value is -3.26. The topological polar surface area (TPSA) is 82.5 Å². The fourth-order valence-electron chi connectivity index (χ4n) is 3.27. The molecule has 0 fully saturated rings. The van der Waals surface area contributed by atoms with E-state index in [4.69, 9.17) is 13.4 Å². The van der Waals surface area contributed by atoms with Gasteiger partial charge in [-0.2, -0.15) is 0 Å². The molecule has 3 heterocycles. The third kappa shape index (κ3) is 4.27. The summed E-state index contributed by atoms with van der Waals surface area (Å²) in [6.45, 7) is 6.23. The molecule has 0 saturated carbocycles. The molecule has 0 radical (unpaired) electrons. The molecular formula is C21H22FN4O3+. The van der Waals surface area contributed by atoms with E-state index in [0.717, 1.165) is 29.8 Å². The van der Waals surface area contributed by atoms with Gasteiger partial charge < -0.3 is 18.3 Å². The Bertz CT molecular complexity index is 1050. The fraction of sp³-hybridized carbons (Fsp3) is 0.286. The van der Waals surface area contributed by atoms with E-state index < -0.39 is 0 Å². The van der Waals surface area contributed by atoms with Crippen LogP contribution in [-0.4, -0.2) is 21.9 Å². The van der Waals surface area contributed by atoms with Crippen LogP contribution in [0.3, 0.4) is 0 Å². The number of hydrogen-bond acceptors (Lipinski definition) is 6. The monoisotopic (exact) mass is 397 g/mol. The van der Waals surface area contributed by atoms with Crippen molar-refractivity contribution in [1.82, 2.24) is 15.4 Å². The average Bonchev–Trinajstić information content (AvgIpc) is 3.45. The average molecular weight is 397 g/mol. The van der Waals surface area contributed by atoms with Gasteiger partial charge in [-0.1, -0.05) is 12.1 Å². The van der Waals surface area contributed by atoms with Crippen molar-refractivity contribution in [3.63, 3.8) is 0 Å². The summed E-state index contributed by atoms with van der Waals surface area (Å²) in [6.07, 6.45) is 2.57. The number of benzene rings is 1.